The summed E-state index contributed by atoms with van der Waals surface area (Å²) < 4.78 is 17.8. The van der Waals surface area contributed by atoms with E-state index < -0.39 is 5.82 Å². The third-order valence-corrected chi connectivity index (χ3v) is 4.62. The Balaban J connectivity index is 1.70. The van der Waals surface area contributed by atoms with Gasteiger partial charge in [-0.05, 0) is 43.0 Å². The van der Waals surface area contributed by atoms with Crippen LogP contribution in [0.15, 0.2) is 41.1 Å². The molecule has 0 bridgehead atoms. The Labute approximate surface area is 151 Å². The molecule has 0 radical (unpaired) electrons. The van der Waals surface area contributed by atoms with E-state index in [-0.39, 0.29) is 18.4 Å². The summed E-state index contributed by atoms with van der Waals surface area (Å²) in [5.41, 5.74) is 0.372. The number of carbonyl (C=O) groups excluding carboxylic acids is 2. The molecule has 1 fully saturated rings. The maximum atomic E-state index is 13.1. The van der Waals surface area contributed by atoms with Crippen LogP contribution >= 0.6 is 0 Å². The number of halogens is 1. The fourth-order valence-corrected chi connectivity index (χ4v) is 3.31. The monoisotopic (exact) mass is 359 g/mol. The molecule has 1 heterocycles. The largest absolute Gasteiger partial charge is 0.363 e. The first-order valence-electron chi connectivity index (χ1n) is 8.87. The van der Waals surface area contributed by atoms with Gasteiger partial charge in [0, 0.05) is 18.2 Å². The molecule has 1 aromatic heterocycles. The van der Waals surface area contributed by atoms with Gasteiger partial charge in [0.15, 0.2) is 5.82 Å². The summed E-state index contributed by atoms with van der Waals surface area (Å²) in [5, 5.41) is 6.25. The molecule has 1 aliphatic carbocycles. The van der Waals surface area contributed by atoms with Crippen LogP contribution in [0.1, 0.15) is 42.5 Å². The topological polar surface area (TPSA) is 75.4 Å². The molecule has 2 aromatic rings. The number of nitrogens with one attached hydrogen (secondary N) is 1. The molecule has 0 atom stereocenters. The molecule has 3 rings (SSSR count). The maximum absolute atomic E-state index is 13.1. The Morgan fingerprint density at radius 2 is 1.88 bits per heavy atom. The third-order valence-electron chi connectivity index (χ3n) is 4.62. The SMILES string of the molecule is O=C(CN(CC1CCCCC1)C(=O)c1ccc(F)cc1)Nc1ccon1. The number of amides is 2. The van der Waals surface area contributed by atoms with Crippen molar-refractivity contribution in [2.45, 2.75) is 32.1 Å². The number of nitrogens with zero attached hydrogens (tertiary/aromatic N) is 2. The number of hydrogen-bond acceptors (Lipinski definition) is 4. The average Bonchev–Trinajstić information content (AvgIpc) is 3.15. The number of carbonyl (C=O) groups is 2. The van der Waals surface area contributed by atoms with E-state index >= 15 is 0 Å². The van der Waals surface area contributed by atoms with Crippen molar-refractivity contribution in [2.75, 3.05) is 18.4 Å². The maximum Gasteiger partial charge on any atom is 0.254 e. The van der Waals surface area contributed by atoms with E-state index in [1.54, 1.807) is 4.90 Å². The summed E-state index contributed by atoms with van der Waals surface area (Å²) in [6.07, 6.45) is 6.98. The van der Waals surface area contributed by atoms with Crippen LogP contribution in [0.2, 0.25) is 0 Å². The highest BCUT2D eigenvalue weighted by Gasteiger charge is 2.24. The second-order valence-corrected chi connectivity index (χ2v) is 6.63. The van der Waals surface area contributed by atoms with Gasteiger partial charge in [0.2, 0.25) is 5.91 Å². The predicted octanol–water partition coefficient (Wildman–Crippen LogP) is 3.47. The highest BCUT2D eigenvalue weighted by atomic mass is 19.1. The molecule has 2 amide bonds. The normalized spacial score (nSPS) is 14.8. The van der Waals surface area contributed by atoms with E-state index in [4.69, 9.17) is 0 Å². The summed E-state index contributed by atoms with van der Waals surface area (Å²) in [4.78, 5) is 26.7. The number of anilines is 1. The molecule has 7 heteroatoms. The first-order chi connectivity index (χ1) is 12.6. The number of benzene rings is 1. The van der Waals surface area contributed by atoms with Crippen molar-refractivity contribution in [3.63, 3.8) is 0 Å². The van der Waals surface area contributed by atoms with Crippen molar-refractivity contribution in [3.05, 3.63) is 48.0 Å². The average molecular weight is 359 g/mol. The highest BCUT2D eigenvalue weighted by Crippen LogP contribution is 2.25. The van der Waals surface area contributed by atoms with Crippen molar-refractivity contribution < 1.29 is 18.5 Å². The van der Waals surface area contributed by atoms with E-state index in [0.29, 0.717) is 23.8 Å². The van der Waals surface area contributed by atoms with E-state index in [1.807, 2.05) is 0 Å². The molecule has 1 N–H and O–H groups in total. The predicted molar refractivity (Wildman–Crippen MR) is 94.0 cm³/mol. The molecule has 0 spiro atoms. The van der Waals surface area contributed by atoms with Crippen molar-refractivity contribution in [3.8, 4) is 0 Å². The minimum absolute atomic E-state index is 0.0838. The first kappa shape index (κ1) is 18.1. The summed E-state index contributed by atoms with van der Waals surface area (Å²) in [6.45, 7) is 0.433. The van der Waals surface area contributed by atoms with Crippen LogP contribution in [0.3, 0.4) is 0 Å². The van der Waals surface area contributed by atoms with Gasteiger partial charge in [-0.25, -0.2) is 4.39 Å². The summed E-state index contributed by atoms with van der Waals surface area (Å²) in [7, 11) is 0. The zero-order valence-corrected chi connectivity index (χ0v) is 14.5. The van der Waals surface area contributed by atoms with Crippen LogP contribution in [-0.4, -0.2) is 35.0 Å². The van der Waals surface area contributed by atoms with Gasteiger partial charge >= 0.3 is 0 Å². The van der Waals surface area contributed by atoms with E-state index in [0.717, 1.165) is 25.7 Å². The molecule has 0 aliphatic heterocycles. The van der Waals surface area contributed by atoms with Gasteiger partial charge in [0.05, 0.1) is 0 Å². The molecule has 138 valence electrons. The Bertz CT molecular complexity index is 725. The molecule has 1 aliphatic rings. The zero-order chi connectivity index (χ0) is 18.4. The summed E-state index contributed by atoms with van der Waals surface area (Å²) in [5.74, 6) is -0.324. The lowest BCUT2D eigenvalue weighted by atomic mass is 9.89. The van der Waals surface area contributed by atoms with Gasteiger partial charge in [-0.15, -0.1) is 0 Å². The summed E-state index contributed by atoms with van der Waals surface area (Å²) >= 11 is 0. The van der Waals surface area contributed by atoms with Gasteiger partial charge in [-0.3, -0.25) is 9.59 Å². The molecule has 1 aromatic carbocycles. The second-order valence-electron chi connectivity index (χ2n) is 6.63. The smallest absolute Gasteiger partial charge is 0.254 e. The van der Waals surface area contributed by atoms with Crippen molar-refractivity contribution in [2.24, 2.45) is 5.92 Å². The quantitative estimate of drug-likeness (QED) is 0.857. The van der Waals surface area contributed by atoms with Crippen molar-refractivity contribution in [1.82, 2.24) is 10.1 Å². The Hall–Kier alpha value is -2.70. The van der Waals surface area contributed by atoms with E-state index in [9.17, 15) is 14.0 Å². The lowest BCUT2D eigenvalue weighted by Crippen LogP contribution is -2.41. The number of aromatic nitrogens is 1. The Morgan fingerprint density at radius 3 is 2.54 bits per heavy atom. The number of rotatable bonds is 6. The van der Waals surface area contributed by atoms with Crippen molar-refractivity contribution >= 4 is 17.6 Å². The molecule has 0 saturated heterocycles. The van der Waals surface area contributed by atoms with Crippen LogP contribution in [0, 0.1) is 11.7 Å². The fourth-order valence-electron chi connectivity index (χ4n) is 3.31. The van der Waals surface area contributed by atoms with E-state index in [2.05, 4.69) is 15.0 Å². The molecular weight excluding hydrogens is 337 g/mol. The lowest BCUT2D eigenvalue weighted by Gasteiger charge is -2.29. The standard InChI is InChI=1S/C19H22FN3O3/c20-16-8-6-15(7-9-16)19(25)23(12-14-4-2-1-3-5-14)13-18(24)21-17-10-11-26-22-17/h6-11,14H,1-5,12-13H2,(H,21,22,24). The van der Waals surface area contributed by atoms with Crippen LogP contribution < -0.4 is 5.32 Å². The van der Waals surface area contributed by atoms with Crippen LogP contribution in [0.25, 0.3) is 0 Å². The Morgan fingerprint density at radius 1 is 1.15 bits per heavy atom. The van der Waals surface area contributed by atoms with E-state index in [1.165, 1.54) is 43.0 Å². The molecule has 0 unspecified atom stereocenters. The zero-order valence-electron chi connectivity index (χ0n) is 14.5. The van der Waals surface area contributed by atoms with Gasteiger partial charge in [-0.2, -0.15) is 0 Å². The van der Waals surface area contributed by atoms with Gasteiger partial charge < -0.3 is 14.7 Å². The molecule has 1 saturated carbocycles. The second kappa shape index (κ2) is 8.60. The summed E-state index contributed by atoms with van der Waals surface area (Å²) in [6, 6.07) is 6.93. The van der Waals surface area contributed by atoms with Gasteiger partial charge in [0.25, 0.3) is 5.91 Å². The fraction of sp³-hybridized carbons (Fsp3) is 0.421. The molecular formula is C19H22FN3O3. The lowest BCUT2D eigenvalue weighted by molar-refractivity contribution is -0.117. The third kappa shape index (κ3) is 4.91. The molecule has 6 nitrogen and oxygen atoms in total. The van der Waals surface area contributed by atoms with Crippen molar-refractivity contribution in [1.29, 1.82) is 0 Å². The van der Waals surface area contributed by atoms with Crippen LogP contribution in [0.4, 0.5) is 10.2 Å². The van der Waals surface area contributed by atoms with Crippen LogP contribution in [0.5, 0.6) is 0 Å². The minimum atomic E-state index is -0.399. The highest BCUT2D eigenvalue weighted by molar-refractivity contribution is 5.99. The number of hydrogen-bond donors (Lipinski definition) is 1. The van der Waals surface area contributed by atoms with Gasteiger partial charge in [0.1, 0.15) is 18.6 Å². The molecule has 26 heavy (non-hydrogen) atoms. The first-order valence-corrected chi connectivity index (χ1v) is 8.87. The van der Waals surface area contributed by atoms with Crippen LogP contribution in [-0.2, 0) is 4.79 Å². The minimum Gasteiger partial charge on any atom is -0.363 e. The van der Waals surface area contributed by atoms with Gasteiger partial charge in [-0.1, -0.05) is 24.4 Å². The Kier molecular flexibility index (Phi) is 5.99.